The monoisotopic (exact) mass is 914 g/mol. The van der Waals surface area contributed by atoms with Gasteiger partial charge < -0.3 is 31.5 Å². The SMILES string of the molecule is CNc1cc(C(c2ccc(O)c(NC(=O)c3cccc(C(=O)Nc4cc(C(c5ccc(O)c(NC(C)=O)c5)(C(F)(F)F)C(F)(F)F)ccc4C)c3)c2)(C(F)(F)F)C(F)(F)F)ccc1C. The van der Waals surface area contributed by atoms with E-state index in [2.05, 4.69) is 10.6 Å². The highest BCUT2D eigenvalue weighted by Crippen LogP contribution is 2.59. The first kappa shape index (κ1) is 48.1. The van der Waals surface area contributed by atoms with Crippen molar-refractivity contribution in [2.45, 2.75) is 56.3 Å². The number of aromatic hydroxyl groups is 2. The van der Waals surface area contributed by atoms with Gasteiger partial charge >= 0.3 is 24.7 Å². The molecule has 5 aromatic carbocycles. The Hall–Kier alpha value is -6.93. The van der Waals surface area contributed by atoms with Crippen molar-refractivity contribution in [3.05, 3.63) is 142 Å². The van der Waals surface area contributed by atoms with Crippen LogP contribution in [-0.2, 0) is 15.6 Å². The number of hydrogen-bond acceptors (Lipinski definition) is 6. The molecular weight excluding hydrogens is 880 g/mol. The summed E-state index contributed by atoms with van der Waals surface area (Å²) < 4.78 is 179. The Morgan fingerprint density at radius 1 is 0.453 bits per heavy atom. The normalized spacial score (nSPS) is 12.7. The van der Waals surface area contributed by atoms with Crippen molar-refractivity contribution in [1.29, 1.82) is 0 Å². The van der Waals surface area contributed by atoms with E-state index in [0.717, 1.165) is 43.3 Å². The number of carbonyl (C=O) groups excluding carboxylic acids is 3. The molecule has 9 nitrogen and oxygen atoms in total. The Morgan fingerprint density at radius 3 is 1.16 bits per heavy atom. The number of nitrogens with one attached hydrogen (secondary N) is 4. The van der Waals surface area contributed by atoms with Crippen LogP contribution in [0.5, 0.6) is 11.5 Å². The molecule has 0 aliphatic heterocycles. The zero-order valence-corrected chi connectivity index (χ0v) is 33.4. The maximum Gasteiger partial charge on any atom is 0.411 e. The minimum absolute atomic E-state index is 0.0501. The third kappa shape index (κ3) is 8.57. The summed E-state index contributed by atoms with van der Waals surface area (Å²) in [7, 11) is 1.29. The van der Waals surface area contributed by atoms with Crippen molar-refractivity contribution >= 4 is 40.5 Å². The molecule has 0 radical (unpaired) electrons. The van der Waals surface area contributed by atoms with Crippen molar-refractivity contribution in [2.24, 2.45) is 0 Å². The lowest BCUT2D eigenvalue weighted by molar-refractivity contribution is -0.290. The predicted octanol–water partition coefficient (Wildman–Crippen LogP) is 11.0. The molecular formula is C43H34F12N4O5. The van der Waals surface area contributed by atoms with Crippen molar-refractivity contribution in [3.8, 4) is 11.5 Å². The lowest BCUT2D eigenvalue weighted by Crippen LogP contribution is -2.54. The number of halogens is 12. The van der Waals surface area contributed by atoms with Gasteiger partial charge in [-0.2, -0.15) is 52.7 Å². The molecule has 3 amide bonds. The van der Waals surface area contributed by atoms with Gasteiger partial charge in [0.1, 0.15) is 11.5 Å². The fraction of sp³-hybridized carbons (Fsp3) is 0.233. The fourth-order valence-corrected chi connectivity index (χ4v) is 7.20. The van der Waals surface area contributed by atoms with Crippen LogP contribution < -0.4 is 21.3 Å². The number of phenolic OH excluding ortho intramolecular Hbond substituents is 2. The van der Waals surface area contributed by atoms with Crippen LogP contribution in [0.4, 0.5) is 75.4 Å². The average Bonchev–Trinajstić information content (AvgIpc) is 3.17. The molecule has 340 valence electrons. The molecule has 5 rings (SSSR count). The molecule has 0 aliphatic rings. The van der Waals surface area contributed by atoms with Crippen molar-refractivity contribution < 1.29 is 77.3 Å². The highest BCUT2D eigenvalue weighted by atomic mass is 19.4. The van der Waals surface area contributed by atoms with Crippen LogP contribution in [0.2, 0.25) is 0 Å². The minimum Gasteiger partial charge on any atom is -0.506 e. The summed E-state index contributed by atoms with van der Waals surface area (Å²) in [6.07, 6.45) is -24.4. The molecule has 0 aromatic heterocycles. The van der Waals surface area contributed by atoms with Crippen LogP contribution in [0.1, 0.15) is 61.0 Å². The summed E-state index contributed by atoms with van der Waals surface area (Å²) in [5.41, 5.74) is -18.1. The second kappa shape index (κ2) is 17.0. The van der Waals surface area contributed by atoms with Crippen LogP contribution in [0, 0.1) is 13.8 Å². The zero-order chi connectivity index (χ0) is 48.0. The second-order valence-electron chi connectivity index (χ2n) is 14.4. The highest BCUT2D eigenvalue weighted by Gasteiger charge is 2.74. The van der Waals surface area contributed by atoms with E-state index in [1.807, 2.05) is 10.6 Å². The molecule has 64 heavy (non-hydrogen) atoms. The zero-order valence-electron chi connectivity index (χ0n) is 33.4. The Balaban J connectivity index is 1.52. The van der Waals surface area contributed by atoms with Gasteiger partial charge in [-0.15, -0.1) is 0 Å². The van der Waals surface area contributed by atoms with Crippen molar-refractivity contribution in [3.63, 3.8) is 0 Å². The number of amides is 3. The van der Waals surface area contributed by atoms with E-state index in [1.54, 1.807) is 0 Å². The van der Waals surface area contributed by atoms with Crippen LogP contribution in [-0.4, -0.2) is 59.7 Å². The number of benzene rings is 5. The van der Waals surface area contributed by atoms with Crippen molar-refractivity contribution in [2.75, 3.05) is 28.3 Å². The largest absolute Gasteiger partial charge is 0.506 e. The molecule has 0 atom stereocenters. The van der Waals surface area contributed by atoms with Gasteiger partial charge in [-0.1, -0.05) is 42.5 Å². The standard InChI is InChI=1S/C43H34F12N4O5/c1-21-8-10-26(17-30(21)56-4)38(40(44,45)46,41(47,48)49)29-13-15-35(62)33(20-29)59-37(64)25-7-5-6-24(16-25)36(63)58-31-18-27(11-9-22(31)2)39(42(50,51)52,43(53,54)55)28-12-14-34(61)32(19-28)57-23(3)60/h5-20,56,61-62H,1-4H3,(H,57,60)(H,58,63)(H,59,64). The molecule has 0 unspecified atom stereocenters. The smallest absolute Gasteiger partial charge is 0.411 e. The summed E-state index contributed by atoms with van der Waals surface area (Å²) in [6, 6.07) is 10.5. The molecule has 21 heteroatoms. The first-order chi connectivity index (χ1) is 29.5. The van der Waals surface area contributed by atoms with E-state index in [4.69, 9.17) is 0 Å². The third-order valence-corrected chi connectivity index (χ3v) is 10.4. The van der Waals surface area contributed by atoms with Gasteiger partial charge in [0, 0.05) is 36.5 Å². The van der Waals surface area contributed by atoms with Crippen LogP contribution in [0.15, 0.2) is 97.1 Å². The lowest BCUT2D eigenvalue weighted by atomic mass is 9.72. The summed E-state index contributed by atoms with van der Waals surface area (Å²) in [5.74, 6) is -5.23. The summed E-state index contributed by atoms with van der Waals surface area (Å²) in [5, 5.41) is 29.3. The van der Waals surface area contributed by atoms with Gasteiger partial charge in [0.15, 0.2) is 0 Å². The molecule has 5 aromatic rings. The van der Waals surface area contributed by atoms with Gasteiger partial charge in [-0.05, 0) is 102 Å². The summed E-state index contributed by atoms with van der Waals surface area (Å²) in [6.45, 7) is 3.57. The predicted molar refractivity (Wildman–Crippen MR) is 211 cm³/mol. The Bertz CT molecular complexity index is 2590. The summed E-state index contributed by atoms with van der Waals surface area (Å²) in [4.78, 5) is 38.5. The van der Waals surface area contributed by atoms with E-state index < -0.39 is 115 Å². The minimum atomic E-state index is -6.14. The molecule has 6 N–H and O–H groups in total. The van der Waals surface area contributed by atoms with Crippen LogP contribution in [0.25, 0.3) is 0 Å². The molecule has 0 heterocycles. The van der Waals surface area contributed by atoms with E-state index in [0.29, 0.717) is 60.2 Å². The molecule has 0 spiro atoms. The Kier molecular flexibility index (Phi) is 12.8. The number of hydrogen-bond donors (Lipinski definition) is 6. The Morgan fingerprint density at radius 2 is 0.781 bits per heavy atom. The molecule has 0 fully saturated rings. The Labute approximate surface area is 355 Å². The number of alkyl halides is 12. The van der Waals surface area contributed by atoms with Gasteiger partial charge in [0.2, 0.25) is 16.7 Å². The van der Waals surface area contributed by atoms with Gasteiger partial charge in [0.25, 0.3) is 11.8 Å². The number of rotatable bonds is 10. The van der Waals surface area contributed by atoms with E-state index >= 15 is 0 Å². The topological polar surface area (TPSA) is 140 Å². The number of carbonyl (C=O) groups is 3. The van der Waals surface area contributed by atoms with Crippen LogP contribution >= 0.6 is 0 Å². The second-order valence-corrected chi connectivity index (χ2v) is 14.4. The first-order valence-electron chi connectivity index (χ1n) is 18.4. The third-order valence-electron chi connectivity index (χ3n) is 10.4. The van der Waals surface area contributed by atoms with E-state index in [9.17, 15) is 77.3 Å². The number of aryl methyl sites for hydroxylation is 2. The lowest BCUT2D eigenvalue weighted by Gasteiger charge is -2.38. The summed E-state index contributed by atoms with van der Waals surface area (Å²) >= 11 is 0. The molecule has 0 saturated heterocycles. The molecule has 0 bridgehead atoms. The van der Waals surface area contributed by atoms with Gasteiger partial charge in [-0.3, -0.25) is 14.4 Å². The molecule has 0 aliphatic carbocycles. The van der Waals surface area contributed by atoms with E-state index in [-0.39, 0.29) is 17.3 Å². The first-order valence-corrected chi connectivity index (χ1v) is 18.4. The van der Waals surface area contributed by atoms with Crippen LogP contribution in [0.3, 0.4) is 0 Å². The number of anilines is 4. The quantitative estimate of drug-likeness (QED) is 0.0609. The van der Waals surface area contributed by atoms with E-state index in [1.165, 1.54) is 20.9 Å². The van der Waals surface area contributed by atoms with Gasteiger partial charge in [-0.25, -0.2) is 0 Å². The van der Waals surface area contributed by atoms with Gasteiger partial charge in [0.05, 0.1) is 11.4 Å². The average molecular weight is 915 g/mol. The number of phenols is 2. The maximum absolute atomic E-state index is 15.0. The molecule has 0 saturated carbocycles. The van der Waals surface area contributed by atoms with Crippen molar-refractivity contribution in [1.82, 2.24) is 0 Å². The fourth-order valence-electron chi connectivity index (χ4n) is 7.20. The maximum atomic E-state index is 15.0. The highest BCUT2D eigenvalue weighted by molar-refractivity contribution is 6.09.